The molecule has 0 aliphatic carbocycles. The fourth-order valence-electron chi connectivity index (χ4n) is 2.88. The third kappa shape index (κ3) is 0.637. The SMILES string of the molecule is CC1CC2OC1C1C(=O)OCC21. The summed E-state index contributed by atoms with van der Waals surface area (Å²) < 4.78 is 10.8. The Balaban J connectivity index is 1.95. The molecule has 3 aliphatic heterocycles. The highest BCUT2D eigenvalue weighted by Crippen LogP contribution is 2.49. The van der Waals surface area contributed by atoms with E-state index in [1.165, 1.54) is 0 Å². The van der Waals surface area contributed by atoms with Crippen molar-refractivity contribution in [2.45, 2.75) is 25.6 Å². The summed E-state index contributed by atoms with van der Waals surface area (Å²) in [5.74, 6) is 0.957. The lowest BCUT2D eigenvalue weighted by atomic mass is 9.76. The predicted molar refractivity (Wildman–Crippen MR) is 40.4 cm³/mol. The van der Waals surface area contributed by atoms with Gasteiger partial charge in [0.2, 0.25) is 0 Å². The van der Waals surface area contributed by atoms with E-state index in [2.05, 4.69) is 6.92 Å². The lowest BCUT2D eigenvalue weighted by molar-refractivity contribution is -0.144. The third-order valence-corrected chi connectivity index (χ3v) is 3.48. The molecule has 3 fully saturated rings. The van der Waals surface area contributed by atoms with Gasteiger partial charge < -0.3 is 9.47 Å². The van der Waals surface area contributed by atoms with Gasteiger partial charge in [-0.25, -0.2) is 0 Å². The van der Waals surface area contributed by atoms with Crippen molar-refractivity contribution < 1.29 is 14.3 Å². The maximum absolute atomic E-state index is 11.3. The summed E-state index contributed by atoms with van der Waals surface area (Å²) >= 11 is 0. The Labute approximate surface area is 71.0 Å². The molecule has 12 heavy (non-hydrogen) atoms. The molecule has 0 aromatic rings. The van der Waals surface area contributed by atoms with Gasteiger partial charge in [-0.15, -0.1) is 0 Å². The van der Waals surface area contributed by atoms with Crippen LogP contribution >= 0.6 is 0 Å². The van der Waals surface area contributed by atoms with Crippen LogP contribution in [0.5, 0.6) is 0 Å². The number of carbonyl (C=O) groups is 1. The monoisotopic (exact) mass is 168 g/mol. The Hall–Kier alpha value is -0.570. The van der Waals surface area contributed by atoms with E-state index >= 15 is 0 Å². The number of hydrogen-bond acceptors (Lipinski definition) is 3. The molecule has 5 unspecified atom stereocenters. The zero-order chi connectivity index (χ0) is 8.29. The Morgan fingerprint density at radius 2 is 2.33 bits per heavy atom. The van der Waals surface area contributed by atoms with Crippen LogP contribution in [0.15, 0.2) is 0 Å². The summed E-state index contributed by atoms with van der Waals surface area (Å²) in [6, 6.07) is 0. The zero-order valence-corrected chi connectivity index (χ0v) is 7.03. The molecule has 0 N–H and O–H groups in total. The maximum atomic E-state index is 11.3. The van der Waals surface area contributed by atoms with Gasteiger partial charge in [-0.1, -0.05) is 6.92 Å². The highest BCUT2D eigenvalue weighted by atomic mass is 16.6. The topological polar surface area (TPSA) is 35.5 Å². The molecule has 0 aromatic heterocycles. The molecule has 2 bridgehead atoms. The van der Waals surface area contributed by atoms with Crippen LogP contribution in [0, 0.1) is 17.8 Å². The van der Waals surface area contributed by atoms with Crippen molar-refractivity contribution in [3.05, 3.63) is 0 Å². The summed E-state index contributed by atoms with van der Waals surface area (Å²) in [5, 5.41) is 0. The standard InChI is InChI=1S/C9H12O3/c1-4-2-6-5-3-11-9(10)7(5)8(4)12-6/h4-8H,2-3H2,1H3. The molecule has 3 aliphatic rings. The van der Waals surface area contributed by atoms with Gasteiger partial charge in [-0.05, 0) is 12.3 Å². The predicted octanol–water partition coefficient (Wildman–Crippen LogP) is 0.583. The van der Waals surface area contributed by atoms with Crippen LogP contribution in [0.25, 0.3) is 0 Å². The number of ether oxygens (including phenoxy) is 2. The second-order valence-corrected chi connectivity index (χ2v) is 4.17. The lowest BCUT2D eigenvalue weighted by Crippen LogP contribution is -2.32. The summed E-state index contributed by atoms with van der Waals surface area (Å²) in [5.41, 5.74) is 0. The van der Waals surface area contributed by atoms with Gasteiger partial charge in [0.15, 0.2) is 0 Å². The van der Waals surface area contributed by atoms with Crippen LogP contribution in [0.4, 0.5) is 0 Å². The van der Waals surface area contributed by atoms with Crippen LogP contribution in [0.2, 0.25) is 0 Å². The quantitative estimate of drug-likeness (QED) is 0.496. The summed E-state index contributed by atoms with van der Waals surface area (Å²) in [6.45, 7) is 2.75. The van der Waals surface area contributed by atoms with Gasteiger partial charge >= 0.3 is 5.97 Å². The van der Waals surface area contributed by atoms with E-state index in [0.29, 0.717) is 24.5 Å². The molecule has 66 valence electrons. The van der Waals surface area contributed by atoms with E-state index < -0.39 is 0 Å². The number of rotatable bonds is 0. The van der Waals surface area contributed by atoms with Crippen molar-refractivity contribution in [3.8, 4) is 0 Å². The average Bonchev–Trinajstić information content (AvgIpc) is 2.62. The first-order chi connectivity index (χ1) is 5.77. The fourth-order valence-corrected chi connectivity index (χ4v) is 2.88. The summed E-state index contributed by atoms with van der Waals surface area (Å²) in [6.07, 6.45) is 1.58. The van der Waals surface area contributed by atoms with Crippen molar-refractivity contribution in [1.82, 2.24) is 0 Å². The molecule has 3 rings (SSSR count). The number of cyclic esters (lactones) is 1. The van der Waals surface area contributed by atoms with Crippen molar-refractivity contribution in [2.24, 2.45) is 17.8 Å². The zero-order valence-electron chi connectivity index (χ0n) is 7.03. The van der Waals surface area contributed by atoms with Crippen molar-refractivity contribution in [2.75, 3.05) is 6.61 Å². The van der Waals surface area contributed by atoms with E-state index in [9.17, 15) is 4.79 Å². The molecule has 3 saturated heterocycles. The molecule has 3 nitrogen and oxygen atoms in total. The smallest absolute Gasteiger partial charge is 0.312 e. The minimum Gasteiger partial charge on any atom is -0.465 e. The maximum Gasteiger partial charge on any atom is 0.312 e. The third-order valence-electron chi connectivity index (χ3n) is 3.48. The van der Waals surface area contributed by atoms with Gasteiger partial charge in [-0.2, -0.15) is 0 Å². The summed E-state index contributed by atoms with van der Waals surface area (Å²) in [4.78, 5) is 11.3. The molecule has 3 heterocycles. The first kappa shape index (κ1) is 6.89. The fraction of sp³-hybridized carbons (Fsp3) is 0.889. The van der Waals surface area contributed by atoms with E-state index in [1.807, 2.05) is 0 Å². The van der Waals surface area contributed by atoms with Crippen molar-refractivity contribution >= 4 is 5.97 Å². The van der Waals surface area contributed by atoms with E-state index in [1.54, 1.807) is 0 Å². The van der Waals surface area contributed by atoms with E-state index in [0.717, 1.165) is 6.42 Å². The first-order valence-electron chi connectivity index (χ1n) is 4.59. The van der Waals surface area contributed by atoms with Crippen LogP contribution < -0.4 is 0 Å². The number of carbonyl (C=O) groups excluding carboxylic acids is 1. The summed E-state index contributed by atoms with van der Waals surface area (Å²) in [7, 11) is 0. The largest absolute Gasteiger partial charge is 0.465 e. The minimum atomic E-state index is -0.0287. The van der Waals surface area contributed by atoms with Gasteiger partial charge in [0.1, 0.15) is 0 Å². The molecular formula is C9H12O3. The molecular weight excluding hydrogens is 156 g/mol. The molecule has 0 amide bonds. The van der Waals surface area contributed by atoms with Crippen LogP contribution in [-0.4, -0.2) is 24.8 Å². The second-order valence-electron chi connectivity index (χ2n) is 4.17. The van der Waals surface area contributed by atoms with E-state index in [4.69, 9.17) is 9.47 Å². The first-order valence-corrected chi connectivity index (χ1v) is 4.59. The average molecular weight is 168 g/mol. The highest BCUT2D eigenvalue weighted by Gasteiger charge is 2.59. The highest BCUT2D eigenvalue weighted by molar-refractivity contribution is 5.76. The normalized spacial score (nSPS) is 55.8. The van der Waals surface area contributed by atoms with Crippen molar-refractivity contribution in [1.29, 1.82) is 0 Å². The van der Waals surface area contributed by atoms with E-state index in [-0.39, 0.29) is 18.0 Å². The van der Waals surface area contributed by atoms with Gasteiger partial charge in [0.05, 0.1) is 24.7 Å². The lowest BCUT2D eigenvalue weighted by Gasteiger charge is -2.21. The molecule has 0 saturated carbocycles. The Kier molecular flexibility index (Phi) is 1.16. The van der Waals surface area contributed by atoms with Crippen LogP contribution in [-0.2, 0) is 14.3 Å². The number of fused-ring (bicyclic) bond motifs is 5. The number of hydrogen-bond donors (Lipinski definition) is 0. The van der Waals surface area contributed by atoms with Crippen LogP contribution in [0.1, 0.15) is 13.3 Å². The minimum absolute atomic E-state index is 0.0287. The van der Waals surface area contributed by atoms with Crippen molar-refractivity contribution in [3.63, 3.8) is 0 Å². The van der Waals surface area contributed by atoms with Gasteiger partial charge in [0.25, 0.3) is 0 Å². The Morgan fingerprint density at radius 1 is 1.50 bits per heavy atom. The molecule has 0 aromatic carbocycles. The number of esters is 1. The van der Waals surface area contributed by atoms with Gasteiger partial charge in [-0.3, -0.25) is 4.79 Å². The molecule has 3 heteroatoms. The Bertz CT molecular complexity index is 238. The van der Waals surface area contributed by atoms with Gasteiger partial charge in [0, 0.05) is 5.92 Å². The molecule has 0 spiro atoms. The molecule has 0 radical (unpaired) electrons. The second kappa shape index (κ2) is 2.02. The molecule has 5 atom stereocenters. The Morgan fingerprint density at radius 3 is 3.17 bits per heavy atom. The van der Waals surface area contributed by atoms with Crippen LogP contribution in [0.3, 0.4) is 0 Å².